The number of aryl methyl sites for hydroxylation is 1. The van der Waals surface area contributed by atoms with E-state index in [1.54, 1.807) is 0 Å². The molecule has 0 bridgehead atoms. The van der Waals surface area contributed by atoms with Crippen molar-refractivity contribution in [3.63, 3.8) is 0 Å². The molecule has 4 N–H and O–H groups in total. The van der Waals surface area contributed by atoms with Crippen molar-refractivity contribution in [1.82, 2.24) is 0 Å². The molecule has 23 heavy (non-hydrogen) atoms. The highest BCUT2D eigenvalue weighted by molar-refractivity contribution is 7.92. The second-order valence-corrected chi connectivity index (χ2v) is 7.61. The molecule has 0 aliphatic rings. The molecule has 6 nitrogen and oxygen atoms in total. The molecule has 128 valence electrons. The number of carbonyl (C=O) groups excluding carboxylic acids is 1. The zero-order chi connectivity index (χ0) is 18.2. The van der Waals surface area contributed by atoms with Gasteiger partial charge in [0.1, 0.15) is 0 Å². The number of carbonyl (C=O) groups is 1. The first-order valence-corrected chi connectivity index (χ1v) is 7.98. The van der Waals surface area contributed by atoms with Gasteiger partial charge in [-0.15, -0.1) is 17.7 Å². The van der Waals surface area contributed by atoms with Gasteiger partial charge in [-0.05, 0) is 44.5 Å². The third-order valence-electron chi connectivity index (χ3n) is 3.09. The lowest BCUT2D eigenvalue weighted by Gasteiger charge is -2.13. The van der Waals surface area contributed by atoms with E-state index in [0.29, 0.717) is 0 Å². The summed E-state index contributed by atoms with van der Waals surface area (Å²) in [6, 6.07) is 3.23. The van der Waals surface area contributed by atoms with Crippen LogP contribution in [0.25, 0.3) is 0 Å². The molecule has 0 unspecified atom stereocenters. The zero-order valence-corrected chi connectivity index (χ0v) is 13.5. The Kier molecular flexibility index (Phi) is 5.10. The average Bonchev–Trinajstić information content (AvgIpc) is 2.35. The summed E-state index contributed by atoms with van der Waals surface area (Å²) in [6.07, 6.45) is -5.09. The molecule has 1 rings (SSSR count). The van der Waals surface area contributed by atoms with Crippen LogP contribution in [0.15, 0.2) is 23.1 Å². The predicted molar refractivity (Wildman–Crippen MR) is 77.5 cm³/mol. The highest BCUT2D eigenvalue weighted by Gasteiger charge is 2.44. The molecule has 0 radical (unpaired) electrons. The molecule has 0 atom stereocenters. The van der Waals surface area contributed by atoms with Crippen LogP contribution in [0.4, 0.5) is 13.2 Å². The molecule has 0 spiro atoms. The lowest BCUT2D eigenvalue weighted by Crippen LogP contribution is -2.46. The highest BCUT2D eigenvalue weighted by Crippen LogP contribution is 2.23. The molecule has 0 aliphatic heterocycles. The van der Waals surface area contributed by atoms with Gasteiger partial charge in [-0.25, -0.2) is 13.2 Å². The van der Waals surface area contributed by atoms with Crippen LogP contribution in [0.2, 0.25) is 0 Å². The van der Waals surface area contributed by atoms with Crippen LogP contribution in [0.5, 0.6) is 0 Å². The maximum atomic E-state index is 12.8. The third kappa shape index (κ3) is 3.81. The van der Waals surface area contributed by atoms with Crippen LogP contribution < -0.4 is 11.5 Å². The van der Waals surface area contributed by atoms with Gasteiger partial charge in [-0.1, -0.05) is 0 Å². The molecular formula is C13H17F3N3O3S+. The van der Waals surface area contributed by atoms with Crippen molar-refractivity contribution in [1.29, 1.82) is 0 Å². The average molecular weight is 352 g/mol. The quantitative estimate of drug-likeness (QED) is 0.367. The molecule has 1 aromatic carbocycles. The number of benzene rings is 1. The first-order valence-electron chi connectivity index (χ1n) is 6.44. The molecule has 0 fully saturated rings. The van der Waals surface area contributed by atoms with Crippen LogP contribution in [-0.2, 0) is 9.84 Å². The summed E-state index contributed by atoms with van der Waals surface area (Å²) >= 11 is 0. The fraction of sp³-hybridized carbons (Fsp3) is 0.385. The van der Waals surface area contributed by atoms with E-state index in [9.17, 15) is 26.4 Å². The minimum atomic E-state index is -5.09. The number of sulfone groups is 1. The summed E-state index contributed by atoms with van der Waals surface area (Å²) in [6.45, 7) is 4.27. The number of amides is 1. The van der Waals surface area contributed by atoms with Gasteiger partial charge < -0.3 is 0 Å². The molecule has 10 heteroatoms. The van der Waals surface area contributed by atoms with Crippen molar-refractivity contribution >= 4 is 21.7 Å². The van der Waals surface area contributed by atoms with Gasteiger partial charge in [0.2, 0.25) is 0 Å². The Balaban J connectivity index is 3.43. The number of nitrogens with two attached hydrogens (primary N) is 2. The van der Waals surface area contributed by atoms with Crippen molar-refractivity contribution in [3.8, 4) is 0 Å². The summed E-state index contributed by atoms with van der Waals surface area (Å²) in [5.41, 5.74) is 9.58. The van der Waals surface area contributed by atoms with Gasteiger partial charge >= 0.3 is 18.2 Å². The van der Waals surface area contributed by atoms with Crippen molar-refractivity contribution in [2.75, 3.05) is 0 Å². The van der Waals surface area contributed by atoms with Crippen LogP contribution in [0.3, 0.4) is 0 Å². The molecular weight excluding hydrogens is 335 g/mol. The predicted octanol–water partition coefficient (Wildman–Crippen LogP) is 1.12. The van der Waals surface area contributed by atoms with Crippen LogP contribution in [0, 0.1) is 6.92 Å². The van der Waals surface area contributed by atoms with Gasteiger partial charge in [0, 0.05) is 0 Å². The van der Waals surface area contributed by atoms with E-state index in [1.165, 1.54) is 20.8 Å². The number of hydrogen-bond acceptors (Lipinski definition) is 3. The van der Waals surface area contributed by atoms with Gasteiger partial charge in [-0.2, -0.15) is 0 Å². The Morgan fingerprint density at radius 1 is 1.22 bits per heavy atom. The van der Waals surface area contributed by atoms with Crippen LogP contribution >= 0.6 is 0 Å². The second kappa shape index (κ2) is 6.19. The van der Waals surface area contributed by atoms with Crippen LogP contribution in [0.1, 0.15) is 29.8 Å². The first kappa shape index (κ1) is 18.9. The second-order valence-electron chi connectivity index (χ2n) is 5.10. The Morgan fingerprint density at radius 2 is 1.74 bits per heavy atom. The van der Waals surface area contributed by atoms with Gasteiger partial charge in [0.15, 0.2) is 9.84 Å². The summed E-state index contributed by atoms with van der Waals surface area (Å²) in [4.78, 5) is 11.9. The number of hydrogen-bond donors (Lipinski definition) is 2. The molecule has 0 saturated heterocycles. The molecule has 0 saturated carbocycles. The topological polar surface area (TPSA) is 106 Å². The zero-order valence-electron chi connectivity index (χ0n) is 12.7. The molecule has 0 aromatic heterocycles. The number of rotatable bonds is 3. The van der Waals surface area contributed by atoms with Crippen molar-refractivity contribution < 1.29 is 31.0 Å². The Morgan fingerprint density at radius 3 is 2.09 bits per heavy atom. The van der Waals surface area contributed by atoms with E-state index in [0.717, 1.165) is 18.2 Å². The summed E-state index contributed by atoms with van der Waals surface area (Å²) < 4.78 is 61.9. The molecule has 1 amide bonds. The minimum absolute atomic E-state index is 0.0622. The number of alkyl halides is 3. The number of nitrogens with zero attached hydrogens (tertiary/aromatic N) is 1. The van der Waals surface area contributed by atoms with E-state index in [1.807, 2.05) is 0 Å². The maximum Gasteiger partial charge on any atom is 0.547 e. The summed E-state index contributed by atoms with van der Waals surface area (Å²) in [7, 11) is -3.61. The number of guanidine groups is 1. The Bertz CT molecular complexity index is 764. The Labute approximate surface area is 131 Å². The lowest BCUT2D eigenvalue weighted by molar-refractivity contribution is -0.645. The van der Waals surface area contributed by atoms with Gasteiger partial charge in [-0.3, -0.25) is 11.5 Å². The third-order valence-corrected chi connectivity index (χ3v) is 5.24. The van der Waals surface area contributed by atoms with Crippen molar-refractivity contribution in [3.05, 3.63) is 29.3 Å². The largest absolute Gasteiger partial charge is 0.547 e. The van der Waals surface area contributed by atoms with E-state index in [-0.39, 0.29) is 16.0 Å². The lowest BCUT2D eigenvalue weighted by atomic mass is 10.1. The fourth-order valence-electron chi connectivity index (χ4n) is 1.82. The summed E-state index contributed by atoms with van der Waals surface area (Å²) in [5.74, 6) is -2.70. The van der Waals surface area contributed by atoms with Gasteiger partial charge in [0.05, 0.1) is 15.7 Å². The SMILES string of the molecule is Cc1cc(S(=O)(=O)C(C)C)ccc1C(=O)[N+](=C(N)N)C(F)(F)F. The smallest absolute Gasteiger partial charge is 0.290 e. The fourth-order valence-corrected chi connectivity index (χ4v) is 2.97. The van der Waals surface area contributed by atoms with Crippen molar-refractivity contribution in [2.24, 2.45) is 11.5 Å². The van der Waals surface area contributed by atoms with Crippen molar-refractivity contribution in [2.45, 2.75) is 37.2 Å². The molecule has 0 heterocycles. The first-order chi connectivity index (χ1) is 10.3. The maximum absolute atomic E-state index is 12.8. The van der Waals surface area contributed by atoms with E-state index in [4.69, 9.17) is 11.5 Å². The Hall–Kier alpha value is -2.10. The standard InChI is InChI=1S/C13H16F3N3O3S/c1-7(2)23(21,22)9-4-5-10(8(3)6-9)11(20)19(12(17)18)13(14,15)16/h4-7H,1-3H3,(H3,17,18)/p+1. The molecule has 1 aromatic rings. The van der Waals surface area contributed by atoms with Crippen LogP contribution in [-0.4, -0.2) is 36.4 Å². The molecule has 0 aliphatic carbocycles. The highest BCUT2D eigenvalue weighted by atomic mass is 32.2. The monoisotopic (exact) mass is 352 g/mol. The van der Waals surface area contributed by atoms with Gasteiger partial charge in [0.25, 0.3) is 0 Å². The normalized spacial score (nSPS) is 12.3. The minimum Gasteiger partial charge on any atom is -0.290 e. The van der Waals surface area contributed by atoms with E-state index < -0.39 is 37.8 Å². The number of halogens is 3. The van der Waals surface area contributed by atoms with E-state index in [2.05, 4.69) is 0 Å². The van der Waals surface area contributed by atoms with E-state index >= 15 is 0 Å². The summed E-state index contributed by atoms with van der Waals surface area (Å²) in [5, 5.41) is -0.705.